The van der Waals surface area contributed by atoms with Crippen LogP contribution in [0.5, 0.6) is 0 Å². The van der Waals surface area contributed by atoms with Gasteiger partial charge in [0.15, 0.2) is 0 Å². The van der Waals surface area contributed by atoms with E-state index in [2.05, 4.69) is 10.2 Å². The van der Waals surface area contributed by atoms with Gasteiger partial charge in [0.1, 0.15) is 5.78 Å². The number of nitrogens with zero attached hydrogens (tertiary/aromatic N) is 1. The molecule has 2 rings (SSSR count). The van der Waals surface area contributed by atoms with Gasteiger partial charge < -0.3 is 0 Å². The zero-order valence-electron chi connectivity index (χ0n) is 5.55. The molecule has 0 atom stereocenters. The molecule has 0 saturated heterocycles. The molecular weight excluding hydrogens is 128 g/mol. The smallest absolute Gasteiger partial charge is 0.139 e. The van der Waals surface area contributed by atoms with E-state index < -0.39 is 0 Å². The lowest BCUT2D eigenvalue weighted by molar-refractivity contribution is -0.118. The van der Waals surface area contributed by atoms with E-state index in [-0.39, 0.29) is 0 Å². The fraction of sp³-hybridized carbons (Fsp3) is 0.429. The van der Waals surface area contributed by atoms with E-state index in [0.29, 0.717) is 18.6 Å². The molecule has 0 amide bonds. The largest absolute Gasteiger partial charge is 0.299 e. The van der Waals surface area contributed by atoms with Crippen LogP contribution in [-0.4, -0.2) is 16.0 Å². The summed E-state index contributed by atoms with van der Waals surface area (Å²) in [5.41, 5.74) is 2.15. The maximum Gasteiger partial charge on any atom is 0.139 e. The van der Waals surface area contributed by atoms with Gasteiger partial charge in [-0.05, 0) is 12.0 Å². The summed E-state index contributed by atoms with van der Waals surface area (Å²) in [5.74, 6) is 0.305. The minimum absolute atomic E-state index is 0.305. The summed E-state index contributed by atoms with van der Waals surface area (Å²) >= 11 is 0. The van der Waals surface area contributed by atoms with Crippen LogP contribution < -0.4 is 0 Å². The molecule has 0 radical (unpaired) electrons. The molecule has 0 aromatic carbocycles. The third-order valence-corrected chi connectivity index (χ3v) is 1.85. The highest BCUT2D eigenvalue weighted by atomic mass is 16.1. The van der Waals surface area contributed by atoms with Crippen LogP contribution >= 0.6 is 0 Å². The highest BCUT2D eigenvalue weighted by Crippen LogP contribution is 2.15. The summed E-state index contributed by atoms with van der Waals surface area (Å²) in [7, 11) is 0. The molecule has 0 fully saturated rings. The summed E-state index contributed by atoms with van der Waals surface area (Å²) in [4.78, 5) is 10.9. The highest BCUT2D eigenvalue weighted by molar-refractivity contribution is 5.82. The average molecular weight is 136 g/mol. The predicted octanol–water partition coefficient (Wildman–Crippen LogP) is 0.468. The Labute approximate surface area is 58.4 Å². The van der Waals surface area contributed by atoms with Gasteiger partial charge in [-0.15, -0.1) is 0 Å². The third kappa shape index (κ3) is 0.744. The summed E-state index contributed by atoms with van der Waals surface area (Å²) in [6.45, 7) is 0. The lowest BCUT2D eigenvalue weighted by Crippen LogP contribution is -2.11. The number of carbonyl (C=O) groups excluding carboxylic acids is 1. The first-order valence-electron chi connectivity index (χ1n) is 3.39. The maximum atomic E-state index is 10.9. The number of aromatic amines is 1. The standard InChI is InChI=1S/C7H8N2O/c10-6-2-1-5-4-8-9-7(5)3-6/h4H,1-3H2,(H,8,9). The summed E-state index contributed by atoms with van der Waals surface area (Å²) in [6.07, 6.45) is 3.96. The quantitative estimate of drug-likeness (QED) is 0.563. The second-order valence-corrected chi connectivity index (χ2v) is 2.57. The molecule has 0 aliphatic heterocycles. The van der Waals surface area contributed by atoms with Gasteiger partial charge in [-0.3, -0.25) is 9.89 Å². The van der Waals surface area contributed by atoms with Crippen molar-refractivity contribution < 1.29 is 4.79 Å². The zero-order valence-corrected chi connectivity index (χ0v) is 5.55. The monoisotopic (exact) mass is 136 g/mol. The van der Waals surface area contributed by atoms with Gasteiger partial charge in [-0.25, -0.2) is 0 Å². The molecule has 1 aliphatic rings. The number of Topliss-reactive ketones (excluding diaryl/α,β-unsaturated/α-hetero) is 1. The normalized spacial score (nSPS) is 17.0. The summed E-state index contributed by atoms with van der Waals surface area (Å²) in [6, 6.07) is 0. The fourth-order valence-electron chi connectivity index (χ4n) is 1.26. The minimum Gasteiger partial charge on any atom is -0.299 e. The number of rotatable bonds is 0. The van der Waals surface area contributed by atoms with Crippen molar-refractivity contribution in [2.75, 3.05) is 0 Å². The van der Waals surface area contributed by atoms with Gasteiger partial charge >= 0.3 is 0 Å². The molecule has 52 valence electrons. The van der Waals surface area contributed by atoms with E-state index in [1.165, 1.54) is 5.56 Å². The first kappa shape index (κ1) is 5.65. The van der Waals surface area contributed by atoms with Crippen LogP contribution in [0.3, 0.4) is 0 Å². The Bertz CT molecular complexity index is 264. The Morgan fingerprint density at radius 3 is 3.30 bits per heavy atom. The highest BCUT2D eigenvalue weighted by Gasteiger charge is 2.16. The van der Waals surface area contributed by atoms with Crippen LogP contribution in [0, 0.1) is 0 Å². The number of ketones is 1. The fourth-order valence-corrected chi connectivity index (χ4v) is 1.26. The number of hydrogen-bond donors (Lipinski definition) is 1. The number of aromatic nitrogens is 2. The lowest BCUT2D eigenvalue weighted by atomic mass is 9.97. The number of aryl methyl sites for hydroxylation is 1. The molecule has 0 spiro atoms. The van der Waals surface area contributed by atoms with Crippen LogP contribution in [0.15, 0.2) is 6.20 Å². The molecule has 1 aromatic heterocycles. The van der Waals surface area contributed by atoms with Crippen molar-refractivity contribution in [3.8, 4) is 0 Å². The molecule has 1 aliphatic carbocycles. The van der Waals surface area contributed by atoms with E-state index in [4.69, 9.17) is 0 Å². The van der Waals surface area contributed by atoms with Crippen LogP contribution in [-0.2, 0) is 17.6 Å². The van der Waals surface area contributed by atoms with Crippen molar-refractivity contribution in [2.24, 2.45) is 0 Å². The SMILES string of the molecule is O=C1CCc2c[nH]nc2C1. The van der Waals surface area contributed by atoms with Crippen molar-refractivity contribution >= 4 is 5.78 Å². The number of carbonyl (C=O) groups is 1. The van der Waals surface area contributed by atoms with Gasteiger partial charge in [-0.1, -0.05) is 0 Å². The van der Waals surface area contributed by atoms with Gasteiger partial charge in [0.2, 0.25) is 0 Å². The van der Waals surface area contributed by atoms with Crippen LogP contribution in [0.1, 0.15) is 17.7 Å². The maximum absolute atomic E-state index is 10.9. The van der Waals surface area contributed by atoms with E-state index >= 15 is 0 Å². The summed E-state index contributed by atoms with van der Waals surface area (Å²) < 4.78 is 0. The molecule has 3 heteroatoms. The number of fused-ring (bicyclic) bond motifs is 1. The van der Waals surface area contributed by atoms with E-state index in [9.17, 15) is 4.79 Å². The number of nitrogens with one attached hydrogen (secondary N) is 1. The first-order chi connectivity index (χ1) is 4.86. The number of hydrogen-bond acceptors (Lipinski definition) is 2. The molecule has 1 heterocycles. The Balaban J connectivity index is 2.39. The minimum atomic E-state index is 0.305. The van der Waals surface area contributed by atoms with Crippen LogP contribution in [0.25, 0.3) is 0 Å². The second kappa shape index (κ2) is 1.94. The molecule has 3 nitrogen and oxygen atoms in total. The zero-order chi connectivity index (χ0) is 6.97. The average Bonchev–Trinajstić information content (AvgIpc) is 2.33. The second-order valence-electron chi connectivity index (χ2n) is 2.57. The Morgan fingerprint density at radius 2 is 2.40 bits per heavy atom. The van der Waals surface area contributed by atoms with Crippen molar-refractivity contribution in [3.05, 3.63) is 17.5 Å². The van der Waals surface area contributed by atoms with Crippen molar-refractivity contribution in [1.29, 1.82) is 0 Å². The lowest BCUT2D eigenvalue weighted by Gasteiger charge is -2.06. The number of H-pyrrole nitrogens is 1. The molecule has 1 aromatic rings. The Hall–Kier alpha value is -1.12. The predicted molar refractivity (Wildman–Crippen MR) is 35.6 cm³/mol. The first-order valence-corrected chi connectivity index (χ1v) is 3.39. The van der Waals surface area contributed by atoms with Gasteiger partial charge in [0.05, 0.1) is 12.1 Å². The van der Waals surface area contributed by atoms with Gasteiger partial charge in [0.25, 0.3) is 0 Å². The van der Waals surface area contributed by atoms with Crippen LogP contribution in [0.4, 0.5) is 0 Å². The van der Waals surface area contributed by atoms with E-state index in [1.54, 1.807) is 0 Å². The molecule has 10 heavy (non-hydrogen) atoms. The van der Waals surface area contributed by atoms with E-state index in [0.717, 1.165) is 12.1 Å². The molecule has 0 bridgehead atoms. The van der Waals surface area contributed by atoms with Crippen molar-refractivity contribution in [1.82, 2.24) is 10.2 Å². The van der Waals surface area contributed by atoms with Crippen LogP contribution in [0.2, 0.25) is 0 Å². The Morgan fingerprint density at radius 1 is 1.50 bits per heavy atom. The molecule has 1 N–H and O–H groups in total. The molecular formula is C7H8N2O. The van der Waals surface area contributed by atoms with E-state index in [1.807, 2.05) is 6.20 Å². The van der Waals surface area contributed by atoms with Crippen molar-refractivity contribution in [2.45, 2.75) is 19.3 Å². The molecule has 0 saturated carbocycles. The van der Waals surface area contributed by atoms with Gasteiger partial charge in [-0.2, -0.15) is 5.10 Å². The topological polar surface area (TPSA) is 45.8 Å². The van der Waals surface area contributed by atoms with Gasteiger partial charge in [0, 0.05) is 12.6 Å². The Kier molecular flexibility index (Phi) is 1.09. The molecule has 0 unspecified atom stereocenters. The summed E-state index contributed by atoms with van der Waals surface area (Å²) in [5, 5.41) is 6.72. The third-order valence-electron chi connectivity index (χ3n) is 1.85. The van der Waals surface area contributed by atoms with Crippen molar-refractivity contribution in [3.63, 3.8) is 0 Å².